The molecule has 0 atom stereocenters. The molecule has 1 aliphatic carbocycles. The largest absolute Gasteiger partial charge is 0.367 e. The van der Waals surface area contributed by atoms with Gasteiger partial charge in [0.05, 0.1) is 0 Å². The van der Waals surface area contributed by atoms with Crippen molar-refractivity contribution >= 4 is 17.6 Å². The van der Waals surface area contributed by atoms with Gasteiger partial charge in [-0.15, -0.1) is 11.8 Å². The molecule has 0 radical (unpaired) electrons. The summed E-state index contributed by atoms with van der Waals surface area (Å²) in [6, 6.07) is 4.90. The standard InChI is InChI=1S/C12H18N2S/c1-12(2,3)15-10-6-7-11(13-8-10)14-9-4-5-9/h6-9H,4-5H2,1-3H3,(H,13,14). The number of rotatable bonds is 3. The van der Waals surface area contributed by atoms with Gasteiger partial charge >= 0.3 is 0 Å². The van der Waals surface area contributed by atoms with Crippen molar-refractivity contribution < 1.29 is 0 Å². The van der Waals surface area contributed by atoms with Crippen LogP contribution in [0.4, 0.5) is 5.82 Å². The second-order valence-corrected chi connectivity index (χ2v) is 6.91. The van der Waals surface area contributed by atoms with Gasteiger partial charge in [-0.1, -0.05) is 20.8 Å². The van der Waals surface area contributed by atoms with Crippen LogP contribution in [0.5, 0.6) is 0 Å². The van der Waals surface area contributed by atoms with Gasteiger partial charge in [-0.25, -0.2) is 4.98 Å². The second kappa shape index (κ2) is 4.05. The first-order valence-corrected chi connectivity index (χ1v) is 6.26. The van der Waals surface area contributed by atoms with Crippen molar-refractivity contribution in [2.45, 2.75) is 49.3 Å². The van der Waals surface area contributed by atoms with Crippen molar-refractivity contribution in [3.05, 3.63) is 18.3 Å². The van der Waals surface area contributed by atoms with Gasteiger partial charge in [0.25, 0.3) is 0 Å². The number of pyridine rings is 1. The normalized spacial score (nSPS) is 16.5. The Kier molecular flexibility index (Phi) is 2.91. The van der Waals surface area contributed by atoms with Crippen LogP contribution in [0.2, 0.25) is 0 Å². The fourth-order valence-corrected chi connectivity index (χ4v) is 2.27. The van der Waals surface area contributed by atoms with Crippen molar-refractivity contribution in [3.63, 3.8) is 0 Å². The molecule has 15 heavy (non-hydrogen) atoms. The zero-order valence-corrected chi connectivity index (χ0v) is 10.4. The second-order valence-electron chi connectivity index (χ2n) is 5.01. The highest BCUT2D eigenvalue weighted by atomic mass is 32.2. The Morgan fingerprint density at radius 2 is 2.07 bits per heavy atom. The predicted molar refractivity (Wildman–Crippen MR) is 66.5 cm³/mol. The fraction of sp³-hybridized carbons (Fsp3) is 0.583. The number of aromatic nitrogens is 1. The Balaban J connectivity index is 1.96. The van der Waals surface area contributed by atoms with E-state index in [1.54, 1.807) is 0 Å². The molecule has 0 unspecified atom stereocenters. The summed E-state index contributed by atoms with van der Waals surface area (Å²) < 4.78 is 0.257. The van der Waals surface area contributed by atoms with Crippen LogP contribution in [-0.2, 0) is 0 Å². The number of anilines is 1. The molecule has 1 fully saturated rings. The fourth-order valence-electron chi connectivity index (χ4n) is 1.32. The van der Waals surface area contributed by atoms with E-state index < -0.39 is 0 Å². The zero-order chi connectivity index (χ0) is 10.9. The predicted octanol–water partition coefficient (Wildman–Crippen LogP) is 3.55. The van der Waals surface area contributed by atoms with Crippen molar-refractivity contribution in [2.75, 3.05) is 5.32 Å². The van der Waals surface area contributed by atoms with Crippen LogP contribution >= 0.6 is 11.8 Å². The van der Waals surface area contributed by atoms with E-state index in [0.29, 0.717) is 6.04 Å². The van der Waals surface area contributed by atoms with E-state index in [9.17, 15) is 0 Å². The minimum Gasteiger partial charge on any atom is -0.367 e. The molecule has 0 bridgehead atoms. The molecule has 1 N–H and O–H groups in total. The van der Waals surface area contributed by atoms with Crippen LogP contribution in [0, 0.1) is 0 Å². The third-order valence-electron chi connectivity index (χ3n) is 2.09. The average molecular weight is 222 g/mol. The monoisotopic (exact) mass is 222 g/mol. The number of thioether (sulfide) groups is 1. The first kappa shape index (κ1) is 10.8. The van der Waals surface area contributed by atoms with Crippen LogP contribution < -0.4 is 5.32 Å². The minimum absolute atomic E-state index is 0.257. The van der Waals surface area contributed by atoms with E-state index in [1.807, 2.05) is 18.0 Å². The Bertz CT molecular complexity index is 322. The lowest BCUT2D eigenvalue weighted by Gasteiger charge is -2.17. The summed E-state index contributed by atoms with van der Waals surface area (Å²) in [6.07, 6.45) is 4.54. The molecule has 0 saturated heterocycles. The summed E-state index contributed by atoms with van der Waals surface area (Å²) in [5, 5.41) is 3.39. The summed E-state index contributed by atoms with van der Waals surface area (Å²) in [6.45, 7) is 6.65. The Morgan fingerprint density at radius 1 is 1.33 bits per heavy atom. The molecule has 1 aromatic rings. The highest BCUT2D eigenvalue weighted by Gasteiger charge is 2.21. The number of hydrogen-bond acceptors (Lipinski definition) is 3. The van der Waals surface area contributed by atoms with Crippen molar-refractivity contribution in [1.29, 1.82) is 0 Å². The Labute approximate surface area is 95.9 Å². The third-order valence-corrected chi connectivity index (χ3v) is 3.18. The Morgan fingerprint density at radius 3 is 2.53 bits per heavy atom. The average Bonchev–Trinajstić information content (AvgIpc) is 2.90. The molecular weight excluding hydrogens is 204 g/mol. The molecule has 82 valence electrons. The minimum atomic E-state index is 0.257. The van der Waals surface area contributed by atoms with E-state index in [2.05, 4.69) is 43.2 Å². The van der Waals surface area contributed by atoms with E-state index in [-0.39, 0.29) is 4.75 Å². The summed E-state index contributed by atoms with van der Waals surface area (Å²) in [5.41, 5.74) is 0. The van der Waals surface area contributed by atoms with Gasteiger partial charge in [-0.2, -0.15) is 0 Å². The van der Waals surface area contributed by atoms with Gasteiger partial charge in [-0.05, 0) is 25.0 Å². The molecule has 3 heteroatoms. The molecule has 0 amide bonds. The van der Waals surface area contributed by atoms with E-state index in [4.69, 9.17) is 0 Å². The van der Waals surface area contributed by atoms with Gasteiger partial charge in [0.1, 0.15) is 5.82 Å². The van der Waals surface area contributed by atoms with Crippen molar-refractivity contribution in [1.82, 2.24) is 4.98 Å². The summed E-state index contributed by atoms with van der Waals surface area (Å²) in [7, 11) is 0. The maximum atomic E-state index is 4.41. The van der Waals surface area contributed by atoms with E-state index in [1.165, 1.54) is 17.7 Å². The third kappa shape index (κ3) is 3.74. The van der Waals surface area contributed by atoms with Gasteiger partial charge in [0, 0.05) is 21.9 Å². The van der Waals surface area contributed by atoms with Crippen LogP contribution in [0.3, 0.4) is 0 Å². The number of hydrogen-bond donors (Lipinski definition) is 1. The molecule has 1 aliphatic rings. The number of nitrogens with one attached hydrogen (secondary N) is 1. The lowest BCUT2D eigenvalue weighted by molar-refractivity contribution is 0.802. The topological polar surface area (TPSA) is 24.9 Å². The highest BCUT2D eigenvalue weighted by Crippen LogP contribution is 2.32. The van der Waals surface area contributed by atoms with Gasteiger partial charge < -0.3 is 5.32 Å². The molecule has 0 spiro atoms. The van der Waals surface area contributed by atoms with E-state index >= 15 is 0 Å². The maximum Gasteiger partial charge on any atom is 0.126 e. The first-order chi connectivity index (χ1) is 7.03. The van der Waals surface area contributed by atoms with Crippen LogP contribution in [-0.4, -0.2) is 15.8 Å². The zero-order valence-electron chi connectivity index (χ0n) is 9.58. The maximum absolute atomic E-state index is 4.41. The summed E-state index contributed by atoms with van der Waals surface area (Å²) in [4.78, 5) is 5.65. The van der Waals surface area contributed by atoms with Crippen molar-refractivity contribution in [3.8, 4) is 0 Å². The smallest absolute Gasteiger partial charge is 0.126 e. The summed E-state index contributed by atoms with van der Waals surface area (Å²) >= 11 is 1.85. The molecule has 2 nitrogen and oxygen atoms in total. The van der Waals surface area contributed by atoms with Crippen LogP contribution in [0.1, 0.15) is 33.6 Å². The Hall–Kier alpha value is -0.700. The summed E-state index contributed by atoms with van der Waals surface area (Å²) in [5.74, 6) is 1.01. The van der Waals surface area contributed by atoms with Gasteiger partial charge in [-0.3, -0.25) is 0 Å². The molecular formula is C12H18N2S. The lowest BCUT2D eigenvalue weighted by atomic mass is 10.3. The molecule has 1 aromatic heterocycles. The quantitative estimate of drug-likeness (QED) is 0.792. The van der Waals surface area contributed by atoms with Crippen LogP contribution in [0.15, 0.2) is 23.2 Å². The lowest BCUT2D eigenvalue weighted by Crippen LogP contribution is -2.07. The van der Waals surface area contributed by atoms with Crippen molar-refractivity contribution in [2.24, 2.45) is 0 Å². The molecule has 0 aliphatic heterocycles. The van der Waals surface area contributed by atoms with Gasteiger partial charge in [0.15, 0.2) is 0 Å². The number of nitrogens with zero attached hydrogens (tertiary/aromatic N) is 1. The molecule has 0 aromatic carbocycles. The molecule has 2 rings (SSSR count). The first-order valence-electron chi connectivity index (χ1n) is 5.44. The SMILES string of the molecule is CC(C)(C)Sc1ccc(NC2CC2)nc1. The van der Waals surface area contributed by atoms with Gasteiger partial charge in [0.2, 0.25) is 0 Å². The molecule has 1 heterocycles. The highest BCUT2D eigenvalue weighted by molar-refractivity contribution is 8.00. The van der Waals surface area contributed by atoms with E-state index in [0.717, 1.165) is 5.82 Å². The van der Waals surface area contributed by atoms with Crippen LogP contribution in [0.25, 0.3) is 0 Å². The molecule has 1 saturated carbocycles.